The summed E-state index contributed by atoms with van der Waals surface area (Å²) in [4.78, 5) is 11.6. The molecule has 1 atom stereocenters. The Kier molecular flexibility index (Phi) is 24.7. The van der Waals surface area contributed by atoms with Crippen molar-refractivity contribution in [3.63, 3.8) is 0 Å². The van der Waals surface area contributed by atoms with E-state index in [1.165, 1.54) is 51.4 Å². The first-order valence-electron chi connectivity index (χ1n) is 10.6. The van der Waals surface area contributed by atoms with Gasteiger partial charge in [-0.3, -0.25) is 4.57 Å². The van der Waals surface area contributed by atoms with E-state index >= 15 is 0 Å². The number of phosphoric acid groups is 1. The molecule has 0 aromatic rings. The van der Waals surface area contributed by atoms with E-state index in [1.807, 2.05) is 0 Å². The fourth-order valence-corrected chi connectivity index (χ4v) is 3.59. The summed E-state index contributed by atoms with van der Waals surface area (Å²) in [5.74, 6) is 0.705. The van der Waals surface area contributed by atoms with E-state index in [2.05, 4.69) is 20.8 Å². The van der Waals surface area contributed by atoms with Crippen molar-refractivity contribution in [2.45, 2.75) is 111 Å². The number of rotatable bonds is 19. The molecule has 0 aliphatic rings. The van der Waals surface area contributed by atoms with Gasteiger partial charge in [-0.15, -0.1) is 0 Å². The molecule has 1 unspecified atom stereocenters. The molecule has 26 heavy (non-hydrogen) atoms. The average Bonchev–Trinajstić information content (AvgIpc) is 2.55. The van der Waals surface area contributed by atoms with Crippen LogP contribution >= 0.6 is 7.82 Å². The van der Waals surface area contributed by atoms with Crippen molar-refractivity contribution in [1.82, 2.24) is 0 Å². The molecule has 0 heterocycles. The molecule has 0 amide bonds. The van der Waals surface area contributed by atoms with Gasteiger partial charge in [0.25, 0.3) is 7.82 Å². The van der Waals surface area contributed by atoms with Crippen LogP contribution in [0, 0.1) is 5.92 Å². The molecule has 0 rings (SSSR count). The second-order valence-corrected chi connectivity index (χ2v) is 8.95. The van der Waals surface area contributed by atoms with Gasteiger partial charge in [0, 0.05) is 0 Å². The Bertz CT molecular complexity index is 327. The van der Waals surface area contributed by atoms with Crippen LogP contribution in [0.1, 0.15) is 111 Å². The molecule has 0 aromatic carbocycles. The largest absolute Gasteiger partial charge is 1.00 e. The molecule has 0 aromatic heterocycles. The van der Waals surface area contributed by atoms with E-state index in [9.17, 15) is 9.46 Å². The van der Waals surface area contributed by atoms with Crippen molar-refractivity contribution >= 4 is 7.82 Å². The fraction of sp³-hybridized carbons (Fsp3) is 1.00. The standard InChI is InChI=1S/C20H43O4P.K/c1-4-5-6-7-8-9-10-11-12-15-18-23-25(21,22)24-19-16-13-14-17-20(2)3;/h20H,4-19H2,1-3H3,(H,21,22);/q;+1/p-1. The van der Waals surface area contributed by atoms with Crippen molar-refractivity contribution < 1.29 is 69.9 Å². The second kappa shape index (κ2) is 21.5. The molecule has 0 fully saturated rings. The maximum absolute atomic E-state index is 11.6. The van der Waals surface area contributed by atoms with E-state index in [1.54, 1.807) is 0 Å². The maximum Gasteiger partial charge on any atom is 1.00 e. The molecule has 0 aliphatic heterocycles. The van der Waals surface area contributed by atoms with Crippen LogP contribution in [-0.4, -0.2) is 13.2 Å². The summed E-state index contributed by atoms with van der Waals surface area (Å²) in [6.45, 7) is 7.14. The van der Waals surface area contributed by atoms with Crippen molar-refractivity contribution in [3.8, 4) is 0 Å². The Morgan fingerprint density at radius 2 is 1.12 bits per heavy atom. The van der Waals surface area contributed by atoms with Gasteiger partial charge in [-0.1, -0.05) is 97.8 Å². The van der Waals surface area contributed by atoms with Gasteiger partial charge in [-0.2, -0.15) is 0 Å². The van der Waals surface area contributed by atoms with Gasteiger partial charge in [0.2, 0.25) is 0 Å². The first-order chi connectivity index (χ1) is 12.0. The molecule has 0 saturated carbocycles. The van der Waals surface area contributed by atoms with Crippen molar-refractivity contribution in [3.05, 3.63) is 0 Å². The van der Waals surface area contributed by atoms with Crippen LogP contribution in [0.5, 0.6) is 0 Å². The third-order valence-corrected chi connectivity index (χ3v) is 5.42. The zero-order valence-corrected chi connectivity index (χ0v) is 22.0. The number of hydrogen-bond donors (Lipinski definition) is 0. The molecule has 0 saturated heterocycles. The molecule has 0 bridgehead atoms. The molecule has 152 valence electrons. The van der Waals surface area contributed by atoms with E-state index in [-0.39, 0.29) is 64.6 Å². The van der Waals surface area contributed by atoms with Crippen LogP contribution in [0.25, 0.3) is 0 Å². The minimum absolute atomic E-state index is 0. The van der Waals surface area contributed by atoms with Crippen molar-refractivity contribution in [2.24, 2.45) is 5.92 Å². The summed E-state index contributed by atoms with van der Waals surface area (Å²) in [7, 11) is -4.09. The summed E-state index contributed by atoms with van der Waals surface area (Å²) in [5, 5.41) is 0. The predicted octanol–water partition coefficient (Wildman–Crippen LogP) is 3.63. The SMILES string of the molecule is CCCCCCCCCCCCOP(=O)([O-])OCCCCCC(C)C.[K+]. The molecule has 0 aliphatic carbocycles. The third kappa shape index (κ3) is 23.8. The third-order valence-electron chi connectivity index (χ3n) is 4.42. The Hall–Kier alpha value is 1.75. The zero-order valence-electron chi connectivity index (χ0n) is 18.0. The van der Waals surface area contributed by atoms with Crippen molar-refractivity contribution in [1.29, 1.82) is 0 Å². The summed E-state index contributed by atoms with van der Waals surface area (Å²) in [6, 6.07) is 0. The quantitative estimate of drug-likeness (QED) is 0.183. The van der Waals surface area contributed by atoms with Gasteiger partial charge in [0.1, 0.15) is 0 Å². The van der Waals surface area contributed by atoms with Gasteiger partial charge in [-0.05, 0) is 18.8 Å². The first-order valence-corrected chi connectivity index (χ1v) is 12.0. The molecular formula is C20H42KO4P. The van der Waals surface area contributed by atoms with Crippen LogP contribution in [-0.2, 0) is 13.6 Å². The Morgan fingerprint density at radius 3 is 1.54 bits per heavy atom. The molecule has 4 nitrogen and oxygen atoms in total. The van der Waals surface area contributed by atoms with Crippen molar-refractivity contribution in [2.75, 3.05) is 13.2 Å². The van der Waals surface area contributed by atoms with Crippen LogP contribution in [0.2, 0.25) is 0 Å². The van der Waals surface area contributed by atoms with Gasteiger partial charge in [0.15, 0.2) is 0 Å². The van der Waals surface area contributed by atoms with Gasteiger partial charge < -0.3 is 13.9 Å². The average molecular weight is 417 g/mol. The Morgan fingerprint density at radius 1 is 0.731 bits per heavy atom. The topological polar surface area (TPSA) is 58.6 Å². The van der Waals surface area contributed by atoms with Crippen LogP contribution in [0.3, 0.4) is 0 Å². The smallest absolute Gasteiger partial charge is 0.756 e. The van der Waals surface area contributed by atoms with E-state index in [0.717, 1.165) is 38.5 Å². The number of unbranched alkanes of at least 4 members (excludes halogenated alkanes) is 11. The summed E-state index contributed by atoms with van der Waals surface area (Å²) in [6.07, 6.45) is 16.3. The molecule has 0 N–H and O–H groups in total. The monoisotopic (exact) mass is 416 g/mol. The van der Waals surface area contributed by atoms with Crippen LogP contribution in [0.15, 0.2) is 0 Å². The van der Waals surface area contributed by atoms with Crippen LogP contribution in [0.4, 0.5) is 0 Å². The summed E-state index contributed by atoms with van der Waals surface area (Å²) < 4.78 is 21.4. The Balaban J connectivity index is 0. The minimum atomic E-state index is -4.09. The normalized spacial score (nSPS) is 13.6. The maximum atomic E-state index is 11.6. The van der Waals surface area contributed by atoms with E-state index < -0.39 is 7.82 Å². The van der Waals surface area contributed by atoms with E-state index in [4.69, 9.17) is 9.05 Å². The summed E-state index contributed by atoms with van der Waals surface area (Å²) >= 11 is 0. The first kappa shape index (κ1) is 29.9. The molecule has 0 radical (unpaired) electrons. The zero-order chi connectivity index (χ0) is 18.8. The van der Waals surface area contributed by atoms with Gasteiger partial charge >= 0.3 is 51.4 Å². The van der Waals surface area contributed by atoms with Gasteiger partial charge in [-0.25, -0.2) is 0 Å². The molecule has 0 spiro atoms. The minimum Gasteiger partial charge on any atom is -0.756 e. The second-order valence-electron chi connectivity index (χ2n) is 7.54. The van der Waals surface area contributed by atoms with E-state index in [0.29, 0.717) is 5.92 Å². The fourth-order valence-electron chi connectivity index (χ4n) is 2.81. The summed E-state index contributed by atoms with van der Waals surface area (Å²) in [5.41, 5.74) is 0. The molecule has 6 heteroatoms. The molecular weight excluding hydrogens is 374 g/mol. The van der Waals surface area contributed by atoms with Gasteiger partial charge in [0.05, 0.1) is 13.2 Å². The number of hydrogen-bond acceptors (Lipinski definition) is 4. The van der Waals surface area contributed by atoms with Crippen LogP contribution < -0.4 is 56.3 Å². The Labute approximate surface area is 205 Å². The predicted molar refractivity (Wildman–Crippen MR) is 105 cm³/mol. The number of phosphoric ester groups is 1.